The number of carbonyl (C=O) groups is 2. The van der Waals surface area contributed by atoms with Crippen molar-refractivity contribution in [3.8, 4) is 0 Å². The highest BCUT2D eigenvalue weighted by atomic mass is 32.1. The Labute approximate surface area is 139 Å². The molecule has 1 heterocycles. The molecule has 0 saturated carbocycles. The quantitative estimate of drug-likeness (QED) is 0.852. The van der Waals surface area contributed by atoms with Crippen LogP contribution < -0.4 is 5.32 Å². The molecule has 0 aliphatic heterocycles. The predicted octanol–water partition coefficient (Wildman–Crippen LogP) is 2.92. The van der Waals surface area contributed by atoms with Crippen molar-refractivity contribution >= 4 is 23.2 Å². The highest BCUT2D eigenvalue weighted by molar-refractivity contribution is 7.13. The number of nitrogens with zero attached hydrogens (tertiary/aromatic N) is 1. The maximum atomic E-state index is 12.4. The van der Waals surface area contributed by atoms with Crippen LogP contribution in [0.2, 0.25) is 0 Å². The van der Waals surface area contributed by atoms with Crippen LogP contribution in [0.5, 0.6) is 0 Å². The number of aromatic nitrogens is 1. The van der Waals surface area contributed by atoms with E-state index < -0.39 is 11.4 Å². The van der Waals surface area contributed by atoms with Gasteiger partial charge in [-0.15, -0.1) is 11.3 Å². The van der Waals surface area contributed by atoms with Gasteiger partial charge in [0.05, 0.1) is 10.7 Å². The Kier molecular flexibility index (Phi) is 5.15. The van der Waals surface area contributed by atoms with E-state index in [0.717, 1.165) is 5.01 Å². The number of thiazole rings is 1. The molecule has 2 aromatic rings. The minimum absolute atomic E-state index is 0.0397. The molecule has 5 nitrogen and oxygen atoms in total. The van der Waals surface area contributed by atoms with Gasteiger partial charge in [0.2, 0.25) is 0 Å². The summed E-state index contributed by atoms with van der Waals surface area (Å²) in [5.41, 5.74) is 0.222. The number of aryl methyl sites for hydroxylation is 2. The number of hydrogen-bond acceptors (Lipinski definition) is 4. The van der Waals surface area contributed by atoms with E-state index >= 15 is 0 Å². The maximum Gasteiger partial charge on any atom is 0.315 e. The molecule has 2 N–H and O–H groups in total. The lowest BCUT2D eigenvalue weighted by atomic mass is 9.78. The number of rotatable bonds is 6. The molecule has 0 radical (unpaired) electrons. The first kappa shape index (κ1) is 17.1. The van der Waals surface area contributed by atoms with E-state index in [1.165, 1.54) is 11.3 Å². The van der Waals surface area contributed by atoms with Crippen molar-refractivity contribution in [2.75, 3.05) is 6.54 Å². The molecule has 1 amide bonds. The van der Waals surface area contributed by atoms with Gasteiger partial charge in [-0.1, -0.05) is 37.3 Å². The molecule has 0 aliphatic rings. The second kappa shape index (κ2) is 6.91. The molecule has 2 rings (SSSR count). The lowest BCUT2D eigenvalue weighted by Crippen LogP contribution is -2.46. The average molecular weight is 332 g/mol. The SMILES string of the molecule is CCC(CNC(=O)c1sc(C)nc1C)(C(=O)O)c1ccccc1. The van der Waals surface area contributed by atoms with Gasteiger partial charge in [0.15, 0.2) is 0 Å². The van der Waals surface area contributed by atoms with Gasteiger partial charge in [0, 0.05) is 6.54 Å². The maximum absolute atomic E-state index is 12.4. The standard InChI is InChI=1S/C17H20N2O3S/c1-4-17(16(21)22,13-8-6-5-7-9-13)10-18-15(20)14-11(2)19-12(3)23-14/h5-9H,4,10H2,1-3H3,(H,18,20)(H,21,22). The van der Waals surface area contributed by atoms with Crippen LogP contribution in [0, 0.1) is 13.8 Å². The fraction of sp³-hybridized carbons (Fsp3) is 0.353. The summed E-state index contributed by atoms with van der Waals surface area (Å²) in [5.74, 6) is -1.22. The van der Waals surface area contributed by atoms with Crippen molar-refractivity contribution < 1.29 is 14.7 Å². The minimum atomic E-state index is -1.13. The largest absolute Gasteiger partial charge is 0.481 e. The van der Waals surface area contributed by atoms with Crippen LogP contribution >= 0.6 is 11.3 Å². The number of carboxylic acids is 1. The molecule has 122 valence electrons. The molecule has 0 aliphatic carbocycles. The fourth-order valence-corrected chi connectivity index (χ4v) is 3.43. The molecular formula is C17H20N2O3S. The smallest absolute Gasteiger partial charge is 0.315 e. The average Bonchev–Trinajstić information content (AvgIpc) is 2.87. The number of amides is 1. The van der Waals surface area contributed by atoms with Crippen LogP contribution in [0.25, 0.3) is 0 Å². The summed E-state index contributed by atoms with van der Waals surface area (Å²) in [6.45, 7) is 5.47. The highest BCUT2D eigenvalue weighted by Gasteiger charge is 2.39. The highest BCUT2D eigenvalue weighted by Crippen LogP contribution is 2.28. The molecular weight excluding hydrogens is 312 g/mol. The molecule has 0 spiro atoms. The van der Waals surface area contributed by atoms with Crippen LogP contribution in [-0.2, 0) is 10.2 Å². The van der Waals surface area contributed by atoms with Crippen LogP contribution in [0.15, 0.2) is 30.3 Å². The molecule has 0 bridgehead atoms. The van der Waals surface area contributed by atoms with Gasteiger partial charge in [-0.05, 0) is 25.8 Å². The summed E-state index contributed by atoms with van der Waals surface area (Å²) < 4.78 is 0. The summed E-state index contributed by atoms with van der Waals surface area (Å²) >= 11 is 1.31. The van der Waals surface area contributed by atoms with E-state index in [4.69, 9.17) is 0 Å². The van der Waals surface area contributed by atoms with E-state index in [0.29, 0.717) is 22.6 Å². The molecule has 0 fully saturated rings. The minimum Gasteiger partial charge on any atom is -0.481 e. The number of carboxylic acid groups (broad SMARTS) is 1. The van der Waals surface area contributed by atoms with E-state index in [1.807, 2.05) is 19.9 Å². The third kappa shape index (κ3) is 3.42. The van der Waals surface area contributed by atoms with E-state index in [1.54, 1.807) is 31.2 Å². The van der Waals surface area contributed by atoms with Crippen molar-refractivity contribution in [2.24, 2.45) is 0 Å². The zero-order valence-electron chi connectivity index (χ0n) is 13.4. The summed E-state index contributed by atoms with van der Waals surface area (Å²) in [5, 5.41) is 13.3. The third-order valence-corrected chi connectivity index (χ3v) is 5.07. The van der Waals surface area contributed by atoms with E-state index in [2.05, 4.69) is 10.3 Å². The molecule has 6 heteroatoms. The third-order valence-electron chi connectivity index (χ3n) is 4.00. The zero-order chi connectivity index (χ0) is 17.0. The van der Waals surface area contributed by atoms with Gasteiger partial charge in [0.1, 0.15) is 10.3 Å². The lowest BCUT2D eigenvalue weighted by Gasteiger charge is -2.29. The van der Waals surface area contributed by atoms with Crippen molar-refractivity contribution in [3.63, 3.8) is 0 Å². The Morgan fingerprint density at radius 3 is 2.39 bits per heavy atom. The first-order valence-corrected chi connectivity index (χ1v) is 8.23. The molecule has 1 unspecified atom stereocenters. The van der Waals surface area contributed by atoms with Crippen LogP contribution in [0.4, 0.5) is 0 Å². The summed E-state index contributed by atoms with van der Waals surface area (Å²) in [4.78, 5) is 29.0. The summed E-state index contributed by atoms with van der Waals surface area (Å²) in [6.07, 6.45) is 0.382. The Balaban J connectivity index is 2.24. The van der Waals surface area contributed by atoms with Crippen LogP contribution in [0.1, 0.15) is 39.3 Å². The van der Waals surface area contributed by atoms with Crippen molar-refractivity contribution in [1.29, 1.82) is 0 Å². The molecule has 23 heavy (non-hydrogen) atoms. The van der Waals surface area contributed by atoms with E-state index in [9.17, 15) is 14.7 Å². The Morgan fingerprint density at radius 2 is 1.91 bits per heavy atom. The molecule has 1 aromatic heterocycles. The second-order valence-electron chi connectivity index (χ2n) is 5.44. The van der Waals surface area contributed by atoms with Gasteiger partial charge in [-0.25, -0.2) is 4.98 Å². The van der Waals surface area contributed by atoms with Crippen LogP contribution in [0.3, 0.4) is 0 Å². The monoisotopic (exact) mass is 332 g/mol. The predicted molar refractivity (Wildman–Crippen MR) is 90.0 cm³/mol. The first-order chi connectivity index (χ1) is 10.9. The van der Waals surface area contributed by atoms with Crippen molar-refractivity contribution in [1.82, 2.24) is 10.3 Å². The normalized spacial score (nSPS) is 13.3. The Morgan fingerprint density at radius 1 is 1.26 bits per heavy atom. The van der Waals surface area contributed by atoms with Crippen LogP contribution in [-0.4, -0.2) is 28.5 Å². The number of hydrogen-bond donors (Lipinski definition) is 2. The van der Waals surface area contributed by atoms with Crippen molar-refractivity contribution in [2.45, 2.75) is 32.6 Å². The summed E-state index contributed by atoms with van der Waals surface area (Å²) in [6, 6.07) is 9.02. The molecule has 1 aromatic carbocycles. The Hall–Kier alpha value is -2.21. The van der Waals surface area contributed by atoms with Gasteiger partial charge < -0.3 is 10.4 Å². The van der Waals surface area contributed by atoms with Gasteiger partial charge in [0.25, 0.3) is 5.91 Å². The second-order valence-corrected chi connectivity index (χ2v) is 6.64. The molecule has 1 atom stereocenters. The fourth-order valence-electron chi connectivity index (χ4n) is 2.59. The number of aliphatic carboxylic acids is 1. The summed E-state index contributed by atoms with van der Waals surface area (Å²) in [7, 11) is 0. The number of benzene rings is 1. The Bertz CT molecular complexity index is 712. The topological polar surface area (TPSA) is 79.3 Å². The van der Waals surface area contributed by atoms with Crippen molar-refractivity contribution in [3.05, 3.63) is 51.5 Å². The zero-order valence-corrected chi connectivity index (χ0v) is 14.2. The molecule has 0 saturated heterocycles. The number of carbonyl (C=O) groups excluding carboxylic acids is 1. The van der Waals surface area contributed by atoms with Gasteiger partial charge >= 0.3 is 5.97 Å². The van der Waals surface area contributed by atoms with E-state index in [-0.39, 0.29) is 12.5 Å². The lowest BCUT2D eigenvalue weighted by molar-refractivity contribution is -0.143. The first-order valence-electron chi connectivity index (χ1n) is 7.42. The van der Waals surface area contributed by atoms with Gasteiger partial charge in [-0.2, -0.15) is 0 Å². The van der Waals surface area contributed by atoms with Gasteiger partial charge in [-0.3, -0.25) is 9.59 Å². The number of nitrogens with one attached hydrogen (secondary N) is 1.